The number of aromatic nitrogens is 4. The van der Waals surface area contributed by atoms with Gasteiger partial charge in [-0.25, -0.2) is 19.3 Å². The Labute approximate surface area is 223 Å². The van der Waals surface area contributed by atoms with Gasteiger partial charge in [0.15, 0.2) is 5.13 Å². The number of rotatable bonds is 4. The first kappa shape index (κ1) is 24.1. The Morgan fingerprint density at radius 3 is 2.66 bits per heavy atom. The summed E-state index contributed by atoms with van der Waals surface area (Å²) in [6.45, 7) is 5.69. The monoisotopic (exact) mass is 527 g/mol. The molecule has 38 heavy (non-hydrogen) atoms. The quantitative estimate of drug-likeness (QED) is 0.333. The lowest BCUT2D eigenvalue weighted by Gasteiger charge is -2.25. The number of hydrogen-bond acceptors (Lipinski definition) is 9. The third kappa shape index (κ3) is 4.58. The Hall–Kier alpha value is -4.31. The van der Waals surface area contributed by atoms with Crippen molar-refractivity contribution in [1.29, 1.82) is 0 Å². The number of pyridine rings is 1. The zero-order chi connectivity index (χ0) is 26.4. The van der Waals surface area contributed by atoms with Gasteiger partial charge in [-0.3, -0.25) is 0 Å². The van der Waals surface area contributed by atoms with Gasteiger partial charge in [-0.15, -0.1) is 0 Å². The number of anilines is 3. The molecule has 192 valence electrons. The number of hydrogen-bond donors (Lipinski definition) is 2. The lowest BCUT2D eigenvalue weighted by atomic mass is 9.99. The smallest absolute Gasteiger partial charge is 0.222 e. The average Bonchev–Trinajstić information content (AvgIpc) is 3.12. The summed E-state index contributed by atoms with van der Waals surface area (Å²) in [5.74, 6) is 1.60. The zero-order valence-corrected chi connectivity index (χ0v) is 21.8. The SMILES string of the molecule is Cc1cc(-c2cnc3sc(N)nc3c2)cc2c1OCCN(c1nc(N)nc(C)c1Cc1ccc(F)cc1)C2. The van der Waals surface area contributed by atoms with Gasteiger partial charge < -0.3 is 21.1 Å². The lowest BCUT2D eigenvalue weighted by molar-refractivity contribution is 0.329. The van der Waals surface area contributed by atoms with Gasteiger partial charge in [0, 0.05) is 41.5 Å². The van der Waals surface area contributed by atoms with E-state index >= 15 is 0 Å². The summed E-state index contributed by atoms with van der Waals surface area (Å²) in [5, 5.41) is 0.502. The second-order valence-electron chi connectivity index (χ2n) is 9.42. The standard InChI is InChI=1S/C28H26FN7OS/c1-15-9-18(19-12-23-26(32-13-19)38-28(31)34-23)11-20-14-36(7-8-37-24(15)20)25-22(16(2)33-27(30)35-25)10-17-3-5-21(29)6-4-17/h3-6,9,11-13H,7-8,10,14H2,1-2H3,(H2,31,34)(H2,30,33,35). The van der Waals surface area contributed by atoms with Gasteiger partial charge in [0.05, 0.1) is 6.54 Å². The second-order valence-corrected chi connectivity index (χ2v) is 10.4. The highest BCUT2D eigenvalue weighted by Crippen LogP contribution is 2.36. The highest BCUT2D eigenvalue weighted by Gasteiger charge is 2.23. The molecular formula is C28H26FN7OS. The summed E-state index contributed by atoms with van der Waals surface area (Å²) in [5.41, 5.74) is 19.6. The molecule has 1 aliphatic heterocycles. The highest BCUT2D eigenvalue weighted by atomic mass is 32.1. The first-order valence-electron chi connectivity index (χ1n) is 12.2. The number of benzene rings is 2. The molecule has 4 N–H and O–H groups in total. The predicted molar refractivity (Wildman–Crippen MR) is 149 cm³/mol. The average molecular weight is 528 g/mol. The van der Waals surface area contributed by atoms with Gasteiger partial charge in [-0.05, 0) is 60.9 Å². The highest BCUT2D eigenvalue weighted by molar-refractivity contribution is 7.21. The van der Waals surface area contributed by atoms with E-state index in [0.29, 0.717) is 31.2 Å². The van der Waals surface area contributed by atoms with Crippen LogP contribution in [0.3, 0.4) is 0 Å². The van der Waals surface area contributed by atoms with Gasteiger partial charge in [-0.1, -0.05) is 23.5 Å². The lowest BCUT2D eigenvalue weighted by Crippen LogP contribution is -2.28. The van der Waals surface area contributed by atoms with Crippen LogP contribution in [0.4, 0.5) is 21.3 Å². The molecule has 4 heterocycles. The molecule has 10 heteroatoms. The molecule has 6 rings (SSSR count). The van der Waals surface area contributed by atoms with E-state index in [2.05, 4.69) is 43.9 Å². The molecule has 0 aliphatic carbocycles. The first-order chi connectivity index (χ1) is 18.3. The Balaban J connectivity index is 1.39. The zero-order valence-electron chi connectivity index (χ0n) is 21.0. The van der Waals surface area contributed by atoms with Crippen LogP contribution in [0.5, 0.6) is 5.75 Å². The summed E-state index contributed by atoms with van der Waals surface area (Å²) in [4.78, 5) is 21.0. The molecule has 0 radical (unpaired) electrons. The third-order valence-electron chi connectivity index (χ3n) is 6.72. The normalized spacial score (nSPS) is 13.3. The van der Waals surface area contributed by atoms with Crippen molar-refractivity contribution < 1.29 is 9.13 Å². The van der Waals surface area contributed by atoms with Crippen LogP contribution in [0.2, 0.25) is 0 Å². The molecule has 5 aromatic rings. The van der Waals surface area contributed by atoms with Crippen molar-refractivity contribution in [2.24, 2.45) is 0 Å². The summed E-state index contributed by atoms with van der Waals surface area (Å²) in [6, 6.07) is 12.8. The number of aryl methyl sites for hydroxylation is 2. The molecule has 3 aromatic heterocycles. The summed E-state index contributed by atoms with van der Waals surface area (Å²) in [7, 11) is 0. The molecule has 0 fully saturated rings. The van der Waals surface area contributed by atoms with Crippen LogP contribution in [0, 0.1) is 19.7 Å². The van der Waals surface area contributed by atoms with Crippen LogP contribution in [0.15, 0.2) is 48.7 Å². The van der Waals surface area contributed by atoms with Crippen LogP contribution < -0.4 is 21.1 Å². The second kappa shape index (κ2) is 9.53. The predicted octanol–water partition coefficient (Wildman–Crippen LogP) is 5.06. The van der Waals surface area contributed by atoms with E-state index in [1.807, 2.05) is 19.2 Å². The molecule has 0 unspecified atom stereocenters. The fourth-order valence-electron chi connectivity index (χ4n) is 4.94. The Bertz CT molecular complexity index is 1670. The summed E-state index contributed by atoms with van der Waals surface area (Å²) in [6.07, 6.45) is 2.42. The van der Waals surface area contributed by atoms with Crippen LogP contribution in [-0.4, -0.2) is 33.1 Å². The minimum Gasteiger partial charge on any atom is -0.491 e. The Morgan fingerprint density at radius 1 is 1.03 bits per heavy atom. The molecule has 0 spiro atoms. The maximum atomic E-state index is 13.5. The molecule has 8 nitrogen and oxygen atoms in total. The van der Waals surface area contributed by atoms with E-state index in [1.165, 1.54) is 23.5 Å². The molecule has 0 bridgehead atoms. The largest absolute Gasteiger partial charge is 0.491 e. The van der Waals surface area contributed by atoms with Crippen LogP contribution in [0.25, 0.3) is 21.5 Å². The van der Waals surface area contributed by atoms with Crippen molar-refractivity contribution >= 4 is 38.6 Å². The molecule has 0 atom stereocenters. The molecule has 2 aromatic carbocycles. The molecule has 1 aliphatic rings. The molecule has 0 amide bonds. The van der Waals surface area contributed by atoms with Crippen molar-refractivity contribution in [2.75, 3.05) is 29.5 Å². The Kier molecular flexibility index (Phi) is 6.03. The molecule has 0 saturated carbocycles. The molecular weight excluding hydrogens is 501 g/mol. The van der Waals surface area contributed by atoms with E-state index in [0.717, 1.165) is 61.0 Å². The van der Waals surface area contributed by atoms with Gasteiger partial charge in [0.25, 0.3) is 0 Å². The number of nitrogens with two attached hydrogens (primary N) is 2. The summed E-state index contributed by atoms with van der Waals surface area (Å²) < 4.78 is 19.7. The first-order valence-corrected chi connectivity index (χ1v) is 13.1. The van der Waals surface area contributed by atoms with Crippen molar-refractivity contribution in [2.45, 2.75) is 26.8 Å². The maximum Gasteiger partial charge on any atom is 0.222 e. The number of nitrogen functional groups attached to an aromatic ring is 2. The maximum absolute atomic E-state index is 13.5. The minimum absolute atomic E-state index is 0.220. The van der Waals surface area contributed by atoms with Crippen molar-refractivity contribution in [1.82, 2.24) is 19.9 Å². The van der Waals surface area contributed by atoms with E-state index in [1.54, 1.807) is 12.1 Å². The van der Waals surface area contributed by atoms with Crippen LogP contribution in [0.1, 0.15) is 27.9 Å². The number of nitrogens with zero attached hydrogens (tertiary/aromatic N) is 5. The minimum atomic E-state index is -0.265. The van der Waals surface area contributed by atoms with Crippen molar-refractivity contribution in [3.63, 3.8) is 0 Å². The van der Waals surface area contributed by atoms with E-state index < -0.39 is 0 Å². The fraction of sp³-hybridized carbons (Fsp3) is 0.214. The van der Waals surface area contributed by atoms with Gasteiger partial charge in [-0.2, -0.15) is 4.98 Å². The van der Waals surface area contributed by atoms with Gasteiger partial charge in [0.1, 0.15) is 34.3 Å². The van der Waals surface area contributed by atoms with Crippen molar-refractivity contribution in [3.05, 3.63) is 82.4 Å². The number of thiazole rings is 1. The fourth-order valence-corrected chi connectivity index (χ4v) is 5.59. The van der Waals surface area contributed by atoms with Gasteiger partial charge >= 0.3 is 0 Å². The van der Waals surface area contributed by atoms with Crippen LogP contribution in [-0.2, 0) is 13.0 Å². The summed E-state index contributed by atoms with van der Waals surface area (Å²) >= 11 is 1.38. The number of ether oxygens (including phenoxy) is 1. The Morgan fingerprint density at radius 2 is 1.84 bits per heavy atom. The third-order valence-corrected chi connectivity index (χ3v) is 7.53. The molecule has 0 saturated heterocycles. The topological polar surface area (TPSA) is 116 Å². The van der Waals surface area contributed by atoms with E-state index in [4.69, 9.17) is 16.2 Å². The van der Waals surface area contributed by atoms with Crippen molar-refractivity contribution in [3.8, 4) is 16.9 Å². The van der Waals surface area contributed by atoms with E-state index in [9.17, 15) is 4.39 Å². The van der Waals surface area contributed by atoms with E-state index in [-0.39, 0.29) is 11.8 Å². The number of halogens is 1. The van der Waals surface area contributed by atoms with Crippen LogP contribution >= 0.6 is 11.3 Å². The number of fused-ring (bicyclic) bond motifs is 2. The van der Waals surface area contributed by atoms with Gasteiger partial charge in [0.2, 0.25) is 5.95 Å².